The van der Waals surface area contributed by atoms with Crippen LogP contribution < -0.4 is 21.2 Å². The van der Waals surface area contributed by atoms with Gasteiger partial charge in [0.15, 0.2) is 0 Å². The van der Waals surface area contributed by atoms with E-state index < -0.39 is 7.05 Å². The second kappa shape index (κ2) is 10.5. The Kier molecular flexibility index (Phi) is 7.06. The molecule has 35 heavy (non-hydrogen) atoms. The van der Waals surface area contributed by atoms with Gasteiger partial charge in [-0.3, -0.25) is 4.74 Å². The summed E-state index contributed by atoms with van der Waals surface area (Å²) < 4.78 is 5.62. The van der Waals surface area contributed by atoms with E-state index in [-0.39, 0.29) is 0 Å². The van der Waals surface area contributed by atoms with Crippen LogP contribution in [0.2, 0.25) is 10.0 Å². The molecule has 0 aliphatic carbocycles. The van der Waals surface area contributed by atoms with E-state index in [0.29, 0.717) is 10.0 Å². The van der Waals surface area contributed by atoms with Crippen molar-refractivity contribution < 1.29 is 0 Å². The van der Waals surface area contributed by atoms with Gasteiger partial charge in [0.1, 0.15) is 0 Å². The number of nitrogens with one attached hydrogen (secondary N) is 1. The normalized spacial score (nSPS) is 11.1. The maximum Gasteiger partial charge on any atom is 0.0861 e. The van der Waals surface area contributed by atoms with Crippen LogP contribution in [0.15, 0.2) is 138 Å². The van der Waals surface area contributed by atoms with Gasteiger partial charge in [-0.1, -0.05) is 114 Å². The van der Waals surface area contributed by atoms with Crippen LogP contribution in [0.25, 0.3) is 0 Å². The summed E-state index contributed by atoms with van der Waals surface area (Å²) >= 11 is 12.5. The zero-order valence-corrected chi connectivity index (χ0v) is 21.3. The molecule has 0 radical (unpaired) electrons. The Morgan fingerprint density at radius 1 is 0.514 bits per heavy atom. The summed E-state index contributed by atoms with van der Waals surface area (Å²) in [6.45, 7) is 0. The molecule has 5 heteroatoms. The zero-order valence-electron chi connectivity index (χ0n) is 18.9. The highest BCUT2D eigenvalue weighted by atomic mass is 35.5. The highest BCUT2D eigenvalue weighted by Gasteiger charge is 2.27. The SMILES string of the molecule is Clc1ccc(Nc2cc(Cl)ccc2N=P(c2ccccc2)(c2ccccc2)c2ccccc2)cc1. The third-order valence-corrected chi connectivity index (χ3v) is 9.87. The van der Waals surface area contributed by atoms with Crippen molar-refractivity contribution in [2.75, 3.05) is 5.32 Å². The lowest BCUT2D eigenvalue weighted by Gasteiger charge is -2.27. The van der Waals surface area contributed by atoms with Gasteiger partial charge in [-0.05, 0) is 42.5 Å². The van der Waals surface area contributed by atoms with Crippen LogP contribution >= 0.6 is 30.3 Å². The smallest absolute Gasteiger partial charge is 0.0861 e. The Morgan fingerprint density at radius 3 is 1.46 bits per heavy atom. The van der Waals surface area contributed by atoms with Gasteiger partial charge in [0.2, 0.25) is 0 Å². The topological polar surface area (TPSA) is 24.4 Å². The largest absolute Gasteiger partial charge is 0.354 e. The molecule has 0 heterocycles. The first-order valence-electron chi connectivity index (χ1n) is 11.3. The Bertz CT molecular complexity index is 1370. The summed E-state index contributed by atoms with van der Waals surface area (Å²) in [4.78, 5) is 0. The van der Waals surface area contributed by atoms with Crippen LogP contribution in [-0.4, -0.2) is 0 Å². The molecule has 0 aromatic heterocycles. The fraction of sp³-hybridized carbons (Fsp3) is 0. The molecule has 0 aliphatic rings. The van der Waals surface area contributed by atoms with Crippen molar-refractivity contribution >= 4 is 63.2 Å². The third-order valence-electron chi connectivity index (χ3n) is 5.73. The lowest BCUT2D eigenvalue weighted by molar-refractivity contribution is 1.49. The van der Waals surface area contributed by atoms with Crippen LogP contribution in [0, 0.1) is 0 Å². The predicted octanol–water partition coefficient (Wildman–Crippen LogP) is 8.55. The van der Waals surface area contributed by atoms with Gasteiger partial charge >= 0.3 is 0 Å². The molecule has 5 rings (SSSR count). The number of nitrogens with zero attached hydrogens (tertiary/aromatic N) is 1. The molecule has 0 fully saturated rings. The molecular weight excluding hydrogens is 490 g/mol. The maximum atomic E-state index is 6.44. The van der Waals surface area contributed by atoms with Crippen molar-refractivity contribution in [3.8, 4) is 0 Å². The third kappa shape index (κ3) is 5.06. The molecule has 0 aliphatic heterocycles. The molecule has 0 atom stereocenters. The first-order valence-corrected chi connectivity index (χ1v) is 13.8. The van der Waals surface area contributed by atoms with Gasteiger partial charge in [-0.25, -0.2) is 0 Å². The maximum absolute atomic E-state index is 6.44. The lowest BCUT2D eigenvalue weighted by atomic mass is 10.2. The van der Waals surface area contributed by atoms with E-state index >= 15 is 0 Å². The predicted molar refractivity (Wildman–Crippen MR) is 153 cm³/mol. The van der Waals surface area contributed by atoms with Crippen LogP contribution in [0.1, 0.15) is 0 Å². The summed E-state index contributed by atoms with van der Waals surface area (Å²) in [6.07, 6.45) is 0. The second-order valence-corrected chi connectivity index (χ2v) is 11.9. The van der Waals surface area contributed by atoms with Crippen LogP contribution in [0.3, 0.4) is 0 Å². The lowest BCUT2D eigenvalue weighted by Crippen LogP contribution is -2.25. The van der Waals surface area contributed by atoms with E-state index in [1.807, 2.05) is 60.7 Å². The fourth-order valence-electron chi connectivity index (χ4n) is 4.10. The molecule has 0 saturated carbocycles. The fourth-order valence-corrected chi connectivity index (χ4v) is 7.94. The average Bonchev–Trinajstić information content (AvgIpc) is 2.91. The molecule has 0 amide bonds. The van der Waals surface area contributed by atoms with Gasteiger partial charge in [0.05, 0.1) is 18.4 Å². The Hall–Kier alpha value is -3.29. The molecule has 0 unspecified atom stereocenters. The van der Waals surface area contributed by atoms with Gasteiger partial charge in [-0.2, -0.15) is 0 Å². The van der Waals surface area contributed by atoms with Crippen molar-refractivity contribution in [2.24, 2.45) is 4.74 Å². The van der Waals surface area contributed by atoms with Crippen LogP contribution in [0.5, 0.6) is 0 Å². The van der Waals surface area contributed by atoms with E-state index in [2.05, 4.69) is 78.1 Å². The molecule has 0 saturated heterocycles. The molecule has 172 valence electrons. The zero-order chi connectivity index (χ0) is 24.1. The van der Waals surface area contributed by atoms with E-state index in [4.69, 9.17) is 27.9 Å². The number of anilines is 2. The van der Waals surface area contributed by atoms with E-state index in [9.17, 15) is 0 Å². The Balaban J connectivity index is 1.81. The van der Waals surface area contributed by atoms with E-state index in [1.165, 1.54) is 15.9 Å². The second-order valence-electron chi connectivity index (χ2n) is 8.04. The Morgan fingerprint density at radius 2 is 0.971 bits per heavy atom. The quantitative estimate of drug-likeness (QED) is 0.226. The first kappa shape index (κ1) is 23.5. The number of halogens is 2. The van der Waals surface area contributed by atoms with Gasteiger partial charge in [0.25, 0.3) is 0 Å². The summed E-state index contributed by atoms with van der Waals surface area (Å²) in [7, 11) is -2.41. The number of benzene rings is 5. The minimum absolute atomic E-state index is 0.642. The summed E-state index contributed by atoms with van der Waals surface area (Å²) in [6, 6.07) is 45.1. The molecule has 0 spiro atoms. The van der Waals surface area contributed by atoms with Crippen molar-refractivity contribution in [1.29, 1.82) is 0 Å². The van der Waals surface area contributed by atoms with Crippen molar-refractivity contribution in [3.05, 3.63) is 144 Å². The molecular formula is C30H23Cl2N2P. The summed E-state index contributed by atoms with van der Waals surface area (Å²) in [5.41, 5.74) is 2.59. The van der Waals surface area contributed by atoms with E-state index in [1.54, 1.807) is 0 Å². The molecule has 0 bridgehead atoms. The summed E-state index contributed by atoms with van der Waals surface area (Å²) in [5, 5.41) is 8.38. The highest BCUT2D eigenvalue weighted by molar-refractivity contribution is 7.87. The van der Waals surface area contributed by atoms with Crippen molar-refractivity contribution in [3.63, 3.8) is 0 Å². The van der Waals surface area contributed by atoms with E-state index in [0.717, 1.165) is 17.1 Å². The van der Waals surface area contributed by atoms with Gasteiger partial charge in [0, 0.05) is 31.6 Å². The average molecular weight is 513 g/mol. The minimum Gasteiger partial charge on any atom is -0.354 e. The highest BCUT2D eigenvalue weighted by Crippen LogP contribution is 2.51. The first-order chi connectivity index (χ1) is 17.1. The standard InChI is InChI=1S/C30H23Cl2N2P/c31-23-16-19-25(20-17-23)33-30-22-24(32)18-21-29(30)34-35(26-10-4-1-5-11-26,27-12-6-2-7-13-27)28-14-8-3-9-15-28/h1-22,33H. The molecule has 5 aromatic carbocycles. The van der Waals surface area contributed by atoms with Crippen molar-refractivity contribution in [2.45, 2.75) is 0 Å². The Labute approximate surface area is 216 Å². The van der Waals surface area contributed by atoms with Gasteiger partial charge in [-0.15, -0.1) is 0 Å². The number of hydrogen-bond acceptors (Lipinski definition) is 2. The summed E-state index contributed by atoms with van der Waals surface area (Å²) in [5.74, 6) is 0. The monoisotopic (exact) mass is 512 g/mol. The van der Waals surface area contributed by atoms with Crippen LogP contribution in [-0.2, 0) is 0 Å². The molecule has 1 N–H and O–H groups in total. The molecule has 5 aromatic rings. The van der Waals surface area contributed by atoms with Gasteiger partial charge < -0.3 is 5.32 Å². The minimum atomic E-state index is -2.41. The van der Waals surface area contributed by atoms with Crippen molar-refractivity contribution in [1.82, 2.24) is 0 Å². The number of hydrogen-bond donors (Lipinski definition) is 1. The number of rotatable bonds is 6. The molecule has 2 nitrogen and oxygen atoms in total. The van der Waals surface area contributed by atoms with Crippen LogP contribution in [0.4, 0.5) is 17.1 Å².